The van der Waals surface area contributed by atoms with Crippen LogP contribution >= 0.6 is 0 Å². The van der Waals surface area contributed by atoms with Crippen molar-refractivity contribution in [2.24, 2.45) is 5.92 Å². The molecule has 0 aliphatic rings. The molecule has 4 amide bonds. The van der Waals surface area contributed by atoms with Crippen LogP contribution in [0.25, 0.3) is 0 Å². The van der Waals surface area contributed by atoms with Gasteiger partial charge in [0.25, 0.3) is 0 Å². The molecule has 11 heteroatoms. The standard InChI is InChI=1S/C27H44N4O7/c1-18(2)22(31(19(3)4)24(34)21(16-32)30-26(36)38-27(5,6)7)23(33)28-14-11-15-29-25(35)37-17-20-12-9-8-10-13-20/h8-10,12-13,18-19,21-22,32H,11,14-17H2,1-7H3,(H,28,33)(H,29,35)(H,30,36). The lowest BCUT2D eigenvalue weighted by Crippen LogP contribution is -2.60. The van der Waals surface area contributed by atoms with E-state index in [0.717, 1.165) is 5.56 Å². The van der Waals surface area contributed by atoms with Crippen molar-refractivity contribution in [3.8, 4) is 0 Å². The predicted molar refractivity (Wildman–Crippen MR) is 143 cm³/mol. The minimum atomic E-state index is -1.27. The molecule has 0 radical (unpaired) electrons. The van der Waals surface area contributed by atoms with Gasteiger partial charge in [-0.2, -0.15) is 0 Å². The first-order valence-corrected chi connectivity index (χ1v) is 12.9. The SMILES string of the molecule is CC(C)C(C(=O)NCCCNC(=O)OCc1ccccc1)N(C(=O)C(CO)NC(=O)OC(C)(C)C)C(C)C. The highest BCUT2D eigenvalue weighted by Gasteiger charge is 2.38. The van der Waals surface area contributed by atoms with E-state index < -0.39 is 48.4 Å². The van der Waals surface area contributed by atoms with Crippen molar-refractivity contribution >= 4 is 24.0 Å². The van der Waals surface area contributed by atoms with E-state index in [-0.39, 0.29) is 25.0 Å². The fourth-order valence-corrected chi connectivity index (χ4v) is 3.65. The molecule has 0 aliphatic heterocycles. The van der Waals surface area contributed by atoms with Gasteiger partial charge in [0.1, 0.15) is 24.3 Å². The molecule has 0 fully saturated rings. The summed E-state index contributed by atoms with van der Waals surface area (Å²) in [6.45, 7) is 12.3. The second kappa shape index (κ2) is 15.8. The van der Waals surface area contributed by atoms with E-state index in [4.69, 9.17) is 9.47 Å². The minimum Gasteiger partial charge on any atom is -0.445 e. The van der Waals surface area contributed by atoms with Crippen LogP contribution in [0.5, 0.6) is 0 Å². The van der Waals surface area contributed by atoms with Crippen LogP contribution in [0, 0.1) is 5.92 Å². The molecule has 2 atom stereocenters. The highest BCUT2D eigenvalue weighted by molar-refractivity contribution is 5.91. The lowest BCUT2D eigenvalue weighted by molar-refractivity contribution is -0.146. The molecular weight excluding hydrogens is 492 g/mol. The zero-order chi connectivity index (χ0) is 28.9. The van der Waals surface area contributed by atoms with Gasteiger partial charge in [0.15, 0.2) is 0 Å². The molecule has 0 saturated heterocycles. The van der Waals surface area contributed by atoms with E-state index in [1.807, 2.05) is 44.2 Å². The van der Waals surface area contributed by atoms with Crippen LogP contribution in [0.3, 0.4) is 0 Å². The molecule has 38 heavy (non-hydrogen) atoms. The molecular formula is C27H44N4O7. The van der Waals surface area contributed by atoms with Crippen molar-refractivity contribution in [2.45, 2.75) is 85.2 Å². The first kappa shape index (κ1) is 32.7. The average Bonchev–Trinajstić information content (AvgIpc) is 2.82. The normalized spacial score (nSPS) is 12.9. The number of rotatable bonds is 13. The smallest absolute Gasteiger partial charge is 0.408 e. The molecule has 0 heterocycles. The Morgan fingerprint density at radius 1 is 0.947 bits per heavy atom. The largest absolute Gasteiger partial charge is 0.445 e. The number of nitrogens with zero attached hydrogens (tertiary/aromatic N) is 1. The Balaban J connectivity index is 2.67. The molecule has 1 aromatic carbocycles. The van der Waals surface area contributed by atoms with E-state index in [1.54, 1.807) is 34.6 Å². The van der Waals surface area contributed by atoms with Crippen molar-refractivity contribution in [1.82, 2.24) is 20.9 Å². The zero-order valence-electron chi connectivity index (χ0n) is 23.6. The number of carbonyl (C=O) groups is 4. The Kier molecular flexibility index (Phi) is 13.6. The third kappa shape index (κ3) is 11.8. The van der Waals surface area contributed by atoms with Crippen LogP contribution in [-0.2, 0) is 25.7 Å². The maximum absolute atomic E-state index is 13.3. The molecule has 2 unspecified atom stereocenters. The van der Waals surface area contributed by atoms with E-state index in [1.165, 1.54) is 4.90 Å². The van der Waals surface area contributed by atoms with Gasteiger partial charge in [-0.25, -0.2) is 9.59 Å². The topological polar surface area (TPSA) is 146 Å². The third-order valence-electron chi connectivity index (χ3n) is 5.32. The van der Waals surface area contributed by atoms with Crippen molar-refractivity contribution in [1.29, 1.82) is 0 Å². The number of aliphatic hydroxyl groups excluding tert-OH is 1. The number of hydrogen-bond acceptors (Lipinski definition) is 7. The lowest BCUT2D eigenvalue weighted by Gasteiger charge is -2.38. The summed E-state index contributed by atoms with van der Waals surface area (Å²) in [6.07, 6.45) is -0.940. The van der Waals surface area contributed by atoms with Crippen molar-refractivity contribution in [3.63, 3.8) is 0 Å². The fourth-order valence-electron chi connectivity index (χ4n) is 3.65. The van der Waals surface area contributed by atoms with Crippen molar-refractivity contribution < 1.29 is 33.8 Å². The number of aliphatic hydroxyl groups is 1. The third-order valence-corrected chi connectivity index (χ3v) is 5.32. The van der Waals surface area contributed by atoms with Gasteiger partial charge in [-0.05, 0) is 52.5 Å². The summed E-state index contributed by atoms with van der Waals surface area (Å²) >= 11 is 0. The first-order chi connectivity index (χ1) is 17.8. The Labute approximate surface area is 225 Å². The summed E-state index contributed by atoms with van der Waals surface area (Å²) in [5.74, 6) is -1.22. The van der Waals surface area contributed by atoms with Crippen LogP contribution < -0.4 is 16.0 Å². The van der Waals surface area contributed by atoms with Gasteiger partial charge in [-0.3, -0.25) is 9.59 Å². The molecule has 1 rings (SSSR count). The Morgan fingerprint density at radius 3 is 2.08 bits per heavy atom. The van der Waals surface area contributed by atoms with Gasteiger partial charge < -0.3 is 35.4 Å². The van der Waals surface area contributed by atoms with Crippen LogP contribution in [-0.4, -0.2) is 77.4 Å². The van der Waals surface area contributed by atoms with Crippen LogP contribution in [0.1, 0.15) is 60.5 Å². The van der Waals surface area contributed by atoms with Gasteiger partial charge in [-0.15, -0.1) is 0 Å². The van der Waals surface area contributed by atoms with Crippen molar-refractivity contribution in [3.05, 3.63) is 35.9 Å². The first-order valence-electron chi connectivity index (χ1n) is 12.9. The quantitative estimate of drug-likeness (QED) is 0.283. The van der Waals surface area contributed by atoms with Gasteiger partial charge in [0.2, 0.25) is 11.8 Å². The summed E-state index contributed by atoms with van der Waals surface area (Å²) in [4.78, 5) is 51.9. The highest BCUT2D eigenvalue weighted by Crippen LogP contribution is 2.17. The van der Waals surface area contributed by atoms with Gasteiger partial charge in [-0.1, -0.05) is 44.2 Å². The molecule has 0 aliphatic carbocycles. The molecule has 11 nitrogen and oxygen atoms in total. The number of carbonyl (C=O) groups excluding carboxylic acids is 4. The Bertz CT molecular complexity index is 900. The average molecular weight is 537 g/mol. The van der Waals surface area contributed by atoms with Crippen LogP contribution in [0.4, 0.5) is 9.59 Å². The lowest BCUT2D eigenvalue weighted by atomic mass is 9.98. The molecule has 0 bridgehead atoms. The number of alkyl carbamates (subject to hydrolysis) is 2. The Morgan fingerprint density at radius 2 is 1.55 bits per heavy atom. The number of benzene rings is 1. The predicted octanol–water partition coefficient (Wildman–Crippen LogP) is 2.57. The summed E-state index contributed by atoms with van der Waals surface area (Å²) in [6, 6.07) is 6.80. The number of nitrogens with one attached hydrogen (secondary N) is 3. The number of ether oxygens (including phenoxy) is 2. The van der Waals surface area contributed by atoms with E-state index >= 15 is 0 Å². The second-order valence-corrected chi connectivity index (χ2v) is 10.5. The summed E-state index contributed by atoms with van der Waals surface area (Å²) in [7, 11) is 0. The summed E-state index contributed by atoms with van der Waals surface area (Å²) < 4.78 is 10.4. The van der Waals surface area contributed by atoms with Crippen molar-refractivity contribution in [2.75, 3.05) is 19.7 Å². The molecule has 214 valence electrons. The molecule has 4 N–H and O–H groups in total. The summed E-state index contributed by atoms with van der Waals surface area (Å²) in [5.41, 5.74) is 0.0993. The molecule has 0 aromatic heterocycles. The summed E-state index contributed by atoms with van der Waals surface area (Å²) in [5, 5.41) is 17.7. The fraction of sp³-hybridized carbons (Fsp3) is 0.630. The zero-order valence-corrected chi connectivity index (χ0v) is 23.6. The van der Waals surface area contributed by atoms with E-state index in [0.29, 0.717) is 13.0 Å². The maximum atomic E-state index is 13.3. The van der Waals surface area contributed by atoms with Gasteiger partial charge in [0.05, 0.1) is 6.61 Å². The van der Waals surface area contributed by atoms with E-state index in [2.05, 4.69) is 16.0 Å². The van der Waals surface area contributed by atoms with Crippen LogP contribution in [0.2, 0.25) is 0 Å². The van der Waals surface area contributed by atoms with Gasteiger partial charge >= 0.3 is 12.2 Å². The maximum Gasteiger partial charge on any atom is 0.408 e. The van der Waals surface area contributed by atoms with Gasteiger partial charge in [0, 0.05) is 19.1 Å². The van der Waals surface area contributed by atoms with Crippen LogP contribution in [0.15, 0.2) is 30.3 Å². The second-order valence-electron chi connectivity index (χ2n) is 10.5. The number of amides is 4. The highest BCUT2D eigenvalue weighted by atomic mass is 16.6. The monoisotopic (exact) mass is 536 g/mol. The molecule has 0 saturated carbocycles. The molecule has 0 spiro atoms. The number of hydrogen-bond donors (Lipinski definition) is 4. The molecule has 1 aromatic rings. The Hall–Kier alpha value is -3.34. The van der Waals surface area contributed by atoms with E-state index in [9.17, 15) is 24.3 Å². The minimum absolute atomic E-state index is 0.163.